The number of amides is 2. The number of rotatable bonds is 5. The first-order valence-electron chi connectivity index (χ1n) is 8.85. The van der Waals surface area contributed by atoms with Crippen molar-refractivity contribution in [3.8, 4) is 0 Å². The van der Waals surface area contributed by atoms with Crippen molar-refractivity contribution in [3.05, 3.63) is 95.3 Å². The molecule has 0 radical (unpaired) electrons. The standard InChI is InChI=1S/C22H16F4N2O2/c23-18-9-5-4-8-16(18)21(30)27-15-10-11-19(17(13-15)22(24,25)26)28-20(29)12-14-6-2-1-3-7-14/h1-11,13H,12H2,(H,27,30)(H,28,29). The number of carbonyl (C=O) groups excluding carboxylic acids is 2. The Bertz CT molecular complexity index is 1070. The zero-order valence-electron chi connectivity index (χ0n) is 15.5. The van der Waals surface area contributed by atoms with Crippen LogP contribution in [0.1, 0.15) is 21.5 Å². The van der Waals surface area contributed by atoms with Gasteiger partial charge >= 0.3 is 6.18 Å². The second-order valence-electron chi connectivity index (χ2n) is 6.40. The van der Waals surface area contributed by atoms with Crippen molar-refractivity contribution in [3.63, 3.8) is 0 Å². The fraction of sp³-hybridized carbons (Fsp3) is 0.0909. The predicted octanol–water partition coefficient (Wildman–Crippen LogP) is 5.28. The van der Waals surface area contributed by atoms with Crippen LogP contribution in [0.15, 0.2) is 72.8 Å². The zero-order chi connectivity index (χ0) is 21.7. The molecule has 30 heavy (non-hydrogen) atoms. The highest BCUT2D eigenvalue weighted by Gasteiger charge is 2.34. The molecule has 4 nitrogen and oxygen atoms in total. The lowest BCUT2D eigenvalue weighted by molar-refractivity contribution is -0.136. The largest absolute Gasteiger partial charge is 0.418 e. The molecule has 3 rings (SSSR count). The van der Waals surface area contributed by atoms with Crippen LogP contribution in [0.4, 0.5) is 28.9 Å². The van der Waals surface area contributed by atoms with Crippen LogP contribution in [-0.4, -0.2) is 11.8 Å². The summed E-state index contributed by atoms with van der Waals surface area (Å²) in [6, 6.07) is 16.6. The summed E-state index contributed by atoms with van der Waals surface area (Å²) in [5.74, 6) is -2.30. The highest BCUT2D eigenvalue weighted by atomic mass is 19.4. The van der Waals surface area contributed by atoms with Gasteiger partial charge in [0.25, 0.3) is 5.91 Å². The summed E-state index contributed by atoms with van der Waals surface area (Å²) in [5, 5.41) is 4.50. The molecule has 2 amide bonds. The van der Waals surface area contributed by atoms with Crippen LogP contribution in [0.25, 0.3) is 0 Å². The Labute approximate surface area is 169 Å². The molecule has 0 spiro atoms. The van der Waals surface area contributed by atoms with E-state index in [1.165, 1.54) is 24.3 Å². The van der Waals surface area contributed by atoms with Gasteiger partial charge in [0.15, 0.2) is 0 Å². The average molecular weight is 416 g/mol. The second-order valence-corrected chi connectivity index (χ2v) is 6.40. The van der Waals surface area contributed by atoms with Gasteiger partial charge in [-0.25, -0.2) is 4.39 Å². The van der Waals surface area contributed by atoms with Crippen LogP contribution in [0.5, 0.6) is 0 Å². The summed E-state index contributed by atoms with van der Waals surface area (Å²) >= 11 is 0. The fourth-order valence-electron chi connectivity index (χ4n) is 2.78. The second kappa shape index (κ2) is 8.77. The van der Waals surface area contributed by atoms with E-state index in [9.17, 15) is 27.2 Å². The Morgan fingerprint density at radius 3 is 2.17 bits per heavy atom. The van der Waals surface area contributed by atoms with Crippen LogP contribution >= 0.6 is 0 Å². The predicted molar refractivity (Wildman–Crippen MR) is 105 cm³/mol. The van der Waals surface area contributed by atoms with E-state index in [-0.39, 0.29) is 17.7 Å². The van der Waals surface area contributed by atoms with E-state index in [0.717, 1.165) is 12.1 Å². The minimum absolute atomic E-state index is 0.0933. The van der Waals surface area contributed by atoms with Crippen LogP contribution in [-0.2, 0) is 17.4 Å². The fourth-order valence-corrected chi connectivity index (χ4v) is 2.78. The molecule has 154 valence electrons. The molecular formula is C22H16F4N2O2. The van der Waals surface area contributed by atoms with Crippen LogP contribution < -0.4 is 10.6 Å². The summed E-state index contributed by atoms with van der Waals surface area (Å²) in [7, 11) is 0. The van der Waals surface area contributed by atoms with E-state index in [4.69, 9.17) is 0 Å². The number of carbonyl (C=O) groups is 2. The minimum atomic E-state index is -4.78. The highest BCUT2D eigenvalue weighted by Crippen LogP contribution is 2.36. The Morgan fingerprint density at radius 2 is 1.50 bits per heavy atom. The molecule has 0 unspecified atom stereocenters. The van der Waals surface area contributed by atoms with Crippen molar-refractivity contribution in [2.24, 2.45) is 0 Å². The van der Waals surface area contributed by atoms with Crippen LogP contribution in [0.3, 0.4) is 0 Å². The maximum Gasteiger partial charge on any atom is 0.418 e. The first-order chi connectivity index (χ1) is 14.2. The highest BCUT2D eigenvalue weighted by molar-refractivity contribution is 6.04. The van der Waals surface area contributed by atoms with Gasteiger partial charge in [-0.05, 0) is 35.9 Å². The molecule has 0 saturated heterocycles. The summed E-state index contributed by atoms with van der Waals surface area (Å²) in [5.41, 5.74) is -1.40. The molecule has 0 aliphatic carbocycles. The molecule has 0 heterocycles. The maximum atomic E-state index is 13.7. The summed E-state index contributed by atoms with van der Waals surface area (Å²) in [4.78, 5) is 24.3. The molecule has 0 aromatic heterocycles. The maximum absolute atomic E-state index is 13.7. The zero-order valence-corrected chi connectivity index (χ0v) is 15.5. The number of halogens is 4. The number of benzene rings is 3. The molecule has 3 aromatic rings. The van der Waals surface area contributed by atoms with Crippen molar-refractivity contribution < 1.29 is 27.2 Å². The van der Waals surface area contributed by atoms with Gasteiger partial charge < -0.3 is 10.6 Å². The van der Waals surface area contributed by atoms with Crippen molar-refractivity contribution in [1.29, 1.82) is 0 Å². The average Bonchev–Trinajstić information content (AvgIpc) is 2.69. The van der Waals surface area contributed by atoms with Gasteiger partial charge in [0.05, 0.1) is 23.2 Å². The molecule has 3 aromatic carbocycles. The third kappa shape index (κ3) is 5.22. The lowest BCUT2D eigenvalue weighted by atomic mass is 10.1. The SMILES string of the molecule is O=C(Cc1ccccc1)Nc1ccc(NC(=O)c2ccccc2F)cc1C(F)(F)F. The molecule has 0 saturated carbocycles. The Kier molecular flexibility index (Phi) is 6.15. The Morgan fingerprint density at radius 1 is 0.833 bits per heavy atom. The molecule has 0 bridgehead atoms. The summed E-state index contributed by atoms with van der Waals surface area (Å²) < 4.78 is 54.2. The van der Waals surface area contributed by atoms with Crippen molar-refractivity contribution in [2.75, 3.05) is 10.6 Å². The Hall–Kier alpha value is -3.68. The Balaban J connectivity index is 1.81. The van der Waals surface area contributed by atoms with Gasteiger partial charge in [-0.15, -0.1) is 0 Å². The van der Waals surface area contributed by atoms with E-state index in [1.807, 2.05) is 0 Å². The van der Waals surface area contributed by atoms with Gasteiger partial charge in [0.2, 0.25) is 5.91 Å². The number of hydrogen-bond donors (Lipinski definition) is 2. The van der Waals surface area contributed by atoms with Crippen LogP contribution in [0.2, 0.25) is 0 Å². The van der Waals surface area contributed by atoms with Gasteiger partial charge in [-0.3, -0.25) is 9.59 Å². The van der Waals surface area contributed by atoms with Gasteiger partial charge in [-0.2, -0.15) is 13.2 Å². The molecule has 2 N–H and O–H groups in total. The monoisotopic (exact) mass is 416 g/mol. The summed E-state index contributed by atoms with van der Waals surface area (Å²) in [6.45, 7) is 0. The molecule has 0 aliphatic heterocycles. The van der Waals surface area contributed by atoms with Crippen LogP contribution in [0, 0.1) is 5.82 Å². The van der Waals surface area contributed by atoms with Gasteiger partial charge in [-0.1, -0.05) is 42.5 Å². The number of anilines is 2. The topological polar surface area (TPSA) is 58.2 Å². The lowest BCUT2D eigenvalue weighted by Gasteiger charge is -2.16. The molecule has 8 heteroatoms. The number of nitrogens with one attached hydrogen (secondary N) is 2. The third-order valence-corrected chi connectivity index (χ3v) is 4.18. The van der Waals surface area contributed by atoms with Crippen molar-refractivity contribution >= 4 is 23.2 Å². The normalized spacial score (nSPS) is 11.1. The van der Waals surface area contributed by atoms with E-state index < -0.39 is 35.1 Å². The number of alkyl halides is 3. The van der Waals surface area contributed by atoms with Gasteiger partial charge in [0, 0.05) is 5.69 Å². The van der Waals surface area contributed by atoms with Crippen molar-refractivity contribution in [1.82, 2.24) is 0 Å². The first kappa shape index (κ1) is 21.0. The number of hydrogen-bond acceptors (Lipinski definition) is 2. The molecule has 0 aliphatic rings. The quantitative estimate of drug-likeness (QED) is 0.556. The van der Waals surface area contributed by atoms with E-state index in [0.29, 0.717) is 11.6 Å². The smallest absolute Gasteiger partial charge is 0.325 e. The molecular weight excluding hydrogens is 400 g/mol. The molecule has 0 fully saturated rings. The summed E-state index contributed by atoms with van der Waals surface area (Å²) in [6.07, 6.45) is -4.88. The lowest BCUT2D eigenvalue weighted by Crippen LogP contribution is -2.19. The van der Waals surface area contributed by atoms with E-state index >= 15 is 0 Å². The molecule has 0 atom stereocenters. The first-order valence-corrected chi connectivity index (χ1v) is 8.85. The van der Waals surface area contributed by atoms with Crippen molar-refractivity contribution in [2.45, 2.75) is 12.6 Å². The van der Waals surface area contributed by atoms with E-state index in [2.05, 4.69) is 10.6 Å². The van der Waals surface area contributed by atoms with Gasteiger partial charge in [0.1, 0.15) is 5.82 Å². The third-order valence-electron chi connectivity index (χ3n) is 4.18. The minimum Gasteiger partial charge on any atom is -0.325 e. The van der Waals surface area contributed by atoms with E-state index in [1.54, 1.807) is 30.3 Å².